The lowest BCUT2D eigenvalue weighted by Crippen LogP contribution is -2.32. The summed E-state index contributed by atoms with van der Waals surface area (Å²) in [5, 5.41) is 33.0. The molecule has 0 aromatic heterocycles. The van der Waals surface area contributed by atoms with Crippen LogP contribution in [0, 0.1) is 24.7 Å². The van der Waals surface area contributed by atoms with Crippen molar-refractivity contribution in [1.29, 1.82) is 0 Å². The molecule has 0 amide bonds. The van der Waals surface area contributed by atoms with Crippen LogP contribution < -0.4 is 5.32 Å². The number of aromatic hydroxyl groups is 1. The SMILES string of the molecule is CC(=O)CC(=O)C(CO)C(CCO)CC1CC(=O)c2c(O)ccc(-c3ccc(C)cc3)c2C1.CNC(C)(C)C.O.[HH].[HH]. The summed E-state index contributed by atoms with van der Waals surface area (Å²) in [4.78, 5) is 37.0. The number of phenolic OH excluding ortho intramolecular Hbond substituents is 1. The van der Waals surface area contributed by atoms with E-state index in [0.29, 0.717) is 30.4 Å². The molecule has 0 aliphatic heterocycles. The van der Waals surface area contributed by atoms with Crippen LogP contribution >= 0.6 is 0 Å². The molecule has 1 aliphatic rings. The number of Topliss-reactive ketones (excluding diaryl/α,β-unsaturated/α-hetero) is 3. The van der Waals surface area contributed by atoms with Gasteiger partial charge >= 0.3 is 0 Å². The summed E-state index contributed by atoms with van der Waals surface area (Å²) in [5.41, 5.74) is 4.42. The smallest absolute Gasteiger partial charge is 0.167 e. The fourth-order valence-electron chi connectivity index (χ4n) is 5.02. The summed E-state index contributed by atoms with van der Waals surface area (Å²) in [6, 6.07) is 11.4. The summed E-state index contributed by atoms with van der Waals surface area (Å²) >= 11 is 0. The van der Waals surface area contributed by atoms with E-state index in [1.54, 1.807) is 6.07 Å². The predicted molar refractivity (Wildman–Crippen MR) is 162 cm³/mol. The third-order valence-electron chi connectivity index (χ3n) is 7.39. The molecule has 2 aromatic rings. The van der Waals surface area contributed by atoms with E-state index in [1.807, 2.05) is 44.3 Å². The summed E-state index contributed by atoms with van der Waals surface area (Å²) in [6.45, 7) is 9.18. The van der Waals surface area contributed by atoms with Crippen LogP contribution in [0.1, 0.15) is 77.7 Å². The Kier molecular flexibility index (Phi) is 13.8. The van der Waals surface area contributed by atoms with Gasteiger partial charge in [-0.15, -0.1) is 0 Å². The first-order chi connectivity index (χ1) is 18.3. The van der Waals surface area contributed by atoms with Gasteiger partial charge in [0.15, 0.2) is 5.78 Å². The lowest BCUT2D eigenvalue weighted by atomic mass is 9.72. The van der Waals surface area contributed by atoms with Gasteiger partial charge in [-0.1, -0.05) is 35.9 Å². The number of ketones is 3. The van der Waals surface area contributed by atoms with Crippen molar-refractivity contribution in [3.63, 3.8) is 0 Å². The number of fused-ring (bicyclic) bond motifs is 1. The Bertz CT molecular complexity index is 1150. The number of hydrogen-bond donors (Lipinski definition) is 4. The number of aliphatic hydroxyl groups excluding tert-OH is 2. The van der Waals surface area contributed by atoms with Crippen molar-refractivity contribution >= 4 is 17.3 Å². The van der Waals surface area contributed by atoms with E-state index in [4.69, 9.17) is 0 Å². The van der Waals surface area contributed by atoms with E-state index in [2.05, 4.69) is 26.1 Å². The Balaban J connectivity index is 0. The molecule has 3 rings (SSSR count). The zero-order valence-electron chi connectivity index (χ0n) is 24.7. The fourth-order valence-corrected chi connectivity index (χ4v) is 5.02. The summed E-state index contributed by atoms with van der Waals surface area (Å²) in [6.07, 6.45) is 1.28. The largest absolute Gasteiger partial charge is 0.507 e. The monoisotopic (exact) mass is 561 g/mol. The van der Waals surface area contributed by atoms with Crippen LogP contribution in [0.4, 0.5) is 0 Å². The normalized spacial score (nSPS) is 16.1. The molecule has 0 saturated heterocycles. The molecule has 0 spiro atoms. The molecule has 226 valence electrons. The maximum Gasteiger partial charge on any atom is 0.167 e. The highest BCUT2D eigenvalue weighted by Crippen LogP contribution is 2.41. The van der Waals surface area contributed by atoms with E-state index in [9.17, 15) is 29.7 Å². The van der Waals surface area contributed by atoms with Gasteiger partial charge in [-0.2, -0.15) is 0 Å². The maximum atomic E-state index is 13.0. The van der Waals surface area contributed by atoms with Crippen LogP contribution in [0.25, 0.3) is 11.1 Å². The third kappa shape index (κ3) is 9.93. The number of aryl methyl sites for hydroxylation is 1. The topological polar surface area (TPSA) is 155 Å². The lowest BCUT2D eigenvalue weighted by Gasteiger charge is -2.31. The zero-order chi connectivity index (χ0) is 29.3. The average Bonchev–Trinajstić information content (AvgIpc) is 2.85. The molecule has 6 N–H and O–H groups in total. The van der Waals surface area contributed by atoms with E-state index in [1.165, 1.54) is 6.92 Å². The maximum absolute atomic E-state index is 13.0. The molecule has 0 saturated carbocycles. The standard InChI is InChI=1S/C27H32O6.C5H13N.H2O.2H2/c1-16-3-5-19(6-4-16)21-7-8-24(31)27-22(21)13-18(14-26(27)33)12-20(9-10-28)23(15-29)25(32)11-17(2)30;1-5(2,3)6-4;;;/h3-8,18,20,23,28-29,31H,9-15H2,1-2H3;6H,1-4H3;1H2;2*1H. The molecule has 8 heteroatoms. The highest BCUT2D eigenvalue weighted by molar-refractivity contribution is 6.03. The quantitative estimate of drug-likeness (QED) is 0.315. The summed E-state index contributed by atoms with van der Waals surface area (Å²) in [5.74, 6) is -1.96. The Morgan fingerprint density at radius 1 is 1.07 bits per heavy atom. The number of nitrogens with one attached hydrogen (secondary N) is 1. The first kappa shape index (κ1) is 35.1. The number of phenols is 1. The van der Waals surface area contributed by atoms with E-state index < -0.39 is 12.5 Å². The molecule has 0 radical (unpaired) electrons. The highest BCUT2D eigenvalue weighted by atomic mass is 16.3. The van der Waals surface area contributed by atoms with Gasteiger partial charge in [0, 0.05) is 27.3 Å². The van der Waals surface area contributed by atoms with E-state index in [-0.39, 0.29) is 62.7 Å². The summed E-state index contributed by atoms with van der Waals surface area (Å²) in [7, 11) is 1.96. The molecular formula is C32H51NO7. The van der Waals surface area contributed by atoms with Gasteiger partial charge in [0.1, 0.15) is 17.3 Å². The van der Waals surface area contributed by atoms with Crippen LogP contribution in [-0.4, -0.2) is 63.9 Å². The van der Waals surface area contributed by atoms with Gasteiger partial charge in [-0.05, 0) is 95.5 Å². The van der Waals surface area contributed by atoms with Crippen LogP contribution in [0.15, 0.2) is 36.4 Å². The molecule has 0 fully saturated rings. The van der Waals surface area contributed by atoms with E-state index >= 15 is 0 Å². The van der Waals surface area contributed by atoms with Crippen molar-refractivity contribution in [3.8, 4) is 16.9 Å². The molecule has 3 unspecified atom stereocenters. The zero-order valence-corrected chi connectivity index (χ0v) is 24.7. The van der Waals surface area contributed by atoms with Crippen molar-refractivity contribution in [2.75, 3.05) is 20.3 Å². The number of rotatable bonds is 10. The van der Waals surface area contributed by atoms with Crippen molar-refractivity contribution in [1.82, 2.24) is 5.32 Å². The summed E-state index contributed by atoms with van der Waals surface area (Å²) < 4.78 is 0. The molecule has 1 aliphatic carbocycles. The Labute approximate surface area is 241 Å². The second-order valence-corrected chi connectivity index (χ2v) is 11.7. The molecule has 0 bridgehead atoms. The van der Waals surface area contributed by atoms with Gasteiger partial charge in [0.2, 0.25) is 0 Å². The highest BCUT2D eigenvalue weighted by Gasteiger charge is 2.35. The predicted octanol–water partition coefficient (Wildman–Crippen LogP) is 4.33. The van der Waals surface area contributed by atoms with Gasteiger partial charge in [-0.25, -0.2) is 0 Å². The molecular weight excluding hydrogens is 510 g/mol. The minimum Gasteiger partial charge on any atom is -0.507 e. The average molecular weight is 562 g/mol. The number of aliphatic hydroxyl groups is 2. The Morgan fingerprint density at radius 3 is 2.17 bits per heavy atom. The number of carbonyl (C=O) groups is 3. The van der Waals surface area contributed by atoms with Crippen molar-refractivity contribution in [3.05, 3.63) is 53.1 Å². The molecule has 40 heavy (non-hydrogen) atoms. The Hall–Kier alpha value is -2.91. The van der Waals surface area contributed by atoms with Gasteiger partial charge < -0.3 is 26.1 Å². The van der Waals surface area contributed by atoms with Crippen molar-refractivity contribution < 1.29 is 38.0 Å². The minimum absolute atomic E-state index is 0. The van der Waals surface area contributed by atoms with Crippen molar-refractivity contribution in [2.45, 2.75) is 72.3 Å². The van der Waals surface area contributed by atoms with Crippen LogP contribution in [-0.2, 0) is 16.0 Å². The number of hydrogen-bond acceptors (Lipinski definition) is 7. The van der Waals surface area contributed by atoms with Gasteiger partial charge in [0.05, 0.1) is 18.6 Å². The fraction of sp³-hybridized carbons (Fsp3) is 0.531. The lowest BCUT2D eigenvalue weighted by molar-refractivity contribution is -0.131. The van der Waals surface area contributed by atoms with Crippen LogP contribution in [0.5, 0.6) is 5.75 Å². The Morgan fingerprint density at radius 2 is 1.68 bits per heavy atom. The van der Waals surface area contributed by atoms with Crippen molar-refractivity contribution in [2.24, 2.45) is 17.8 Å². The second kappa shape index (κ2) is 15.8. The number of benzene rings is 2. The first-order valence-corrected chi connectivity index (χ1v) is 13.7. The molecule has 0 heterocycles. The van der Waals surface area contributed by atoms with Crippen LogP contribution in [0.3, 0.4) is 0 Å². The van der Waals surface area contributed by atoms with Gasteiger partial charge in [0.25, 0.3) is 0 Å². The molecule has 2 aromatic carbocycles. The van der Waals surface area contributed by atoms with E-state index in [0.717, 1.165) is 22.3 Å². The third-order valence-corrected chi connectivity index (χ3v) is 7.39. The minimum atomic E-state index is -0.752. The molecule has 3 atom stereocenters. The van der Waals surface area contributed by atoms with Gasteiger partial charge in [-0.3, -0.25) is 14.4 Å². The molecule has 8 nitrogen and oxygen atoms in total. The number of carbonyl (C=O) groups excluding carboxylic acids is 3. The second-order valence-electron chi connectivity index (χ2n) is 11.7. The van der Waals surface area contributed by atoms with Crippen LogP contribution in [0.2, 0.25) is 0 Å². The first-order valence-electron chi connectivity index (χ1n) is 13.7.